The van der Waals surface area contributed by atoms with E-state index in [1.54, 1.807) is 23.1 Å². The number of carbonyl (C=O) groups is 1. The SMILES string of the molecule is CCC(=O)N1CCCN(S(=O)(=O)c2ccc(OC(C)C)c(C)c2)CC1. The summed E-state index contributed by atoms with van der Waals surface area (Å²) in [4.78, 5) is 13.9. The van der Waals surface area contributed by atoms with Gasteiger partial charge in [0.25, 0.3) is 0 Å². The third-order valence-electron chi connectivity index (χ3n) is 4.26. The van der Waals surface area contributed by atoms with Gasteiger partial charge in [-0.3, -0.25) is 4.79 Å². The zero-order valence-corrected chi connectivity index (χ0v) is 16.3. The smallest absolute Gasteiger partial charge is 0.243 e. The lowest BCUT2D eigenvalue weighted by atomic mass is 10.2. The standard InChI is InChI=1S/C18H28N2O4S/c1-5-18(21)19-9-6-10-20(12-11-19)25(22,23)16-7-8-17(15(4)13-16)24-14(2)3/h7-8,13-14H,5-6,9-12H2,1-4H3. The molecule has 1 fully saturated rings. The van der Waals surface area contributed by atoms with Crippen LogP contribution in [-0.4, -0.2) is 55.8 Å². The van der Waals surface area contributed by atoms with E-state index in [1.807, 2.05) is 27.7 Å². The highest BCUT2D eigenvalue weighted by Gasteiger charge is 2.28. The molecule has 0 atom stereocenters. The molecule has 1 aliphatic rings. The predicted molar refractivity (Wildman–Crippen MR) is 97.2 cm³/mol. The molecule has 1 amide bonds. The van der Waals surface area contributed by atoms with Crippen molar-refractivity contribution in [2.24, 2.45) is 0 Å². The first kappa shape index (κ1) is 19.7. The molecular weight excluding hydrogens is 340 g/mol. The van der Waals surface area contributed by atoms with Gasteiger partial charge in [-0.2, -0.15) is 4.31 Å². The summed E-state index contributed by atoms with van der Waals surface area (Å²) >= 11 is 0. The number of amides is 1. The lowest BCUT2D eigenvalue weighted by molar-refractivity contribution is -0.130. The van der Waals surface area contributed by atoms with Crippen LogP contribution in [0.5, 0.6) is 5.75 Å². The highest BCUT2D eigenvalue weighted by atomic mass is 32.2. The van der Waals surface area contributed by atoms with Gasteiger partial charge in [0.05, 0.1) is 11.0 Å². The van der Waals surface area contributed by atoms with Gasteiger partial charge in [-0.25, -0.2) is 8.42 Å². The minimum absolute atomic E-state index is 0.0360. The van der Waals surface area contributed by atoms with Crippen molar-refractivity contribution in [2.45, 2.75) is 51.5 Å². The van der Waals surface area contributed by atoms with E-state index < -0.39 is 10.0 Å². The molecular formula is C18H28N2O4S. The van der Waals surface area contributed by atoms with Gasteiger partial charge in [-0.1, -0.05) is 6.92 Å². The fourth-order valence-corrected chi connectivity index (χ4v) is 4.48. The fourth-order valence-electron chi connectivity index (χ4n) is 2.92. The first-order valence-corrected chi connectivity index (χ1v) is 10.2. The van der Waals surface area contributed by atoms with Crippen molar-refractivity contribution < 1.29 is 17.9 Å². The second-order valence-corrected chi connectivity index (χ2v) is 8.52. The maximum absolute atomic E-state index is 13.0. The Labute approximate surface area is 150 Å². The molecule has 1 aromatic rings. The van der Waals surface area contributed by atoms with E-state index in [4.69, 9.17) is 4.74 Å². The lowest BCUT2D eigenvalue weighted by Crippen LogP contribution is -2.37. The van der Waals surface area contributed by atoms with Gasteiger partial charge in [0, 0.05) is 32.6 Å². The van der Waals surface area contributed by atoms with Crippen LogP contribution >= 0.6 is 0 Å². The molecule has 0 spiro atoms. The number of hydrogen-bond acceptors (Lipinski definition) is 4. The molecule has 2 rings (SSSR count). The highest BCUT2D eigenvalue weighted by molar-refractivity contribution is 7.89. The average molecular weight is 368 g/mol. The third-order valence-corrected chi connectivity index (χ3v) is 6.15. The monoisotopic (exact) mass is 368 g/mol. The second-order valence-electron chi connectivity index (χ2n) is 6.59. The van der Waals surface area contributed by atoms with E-state index in [-0.39, 0.29) is 16.9 Å². The molecule has 1 saturated heterocycles. The first-order chi connectivity index (χ1) is 11.8. The number of nitrogens with zero attached hydrogens (tertiary/aromatic N) is 2. The molecule has 0 aromatic heterocycles. The van der Waals surface area contributed by atoms with E-state index in [1.165, 1.54) is 4.31 Å². The normalized spacial score (nSPS) is 16.8. The molecule has 6 nitrogen and oxygen atoms in total. The van der Waals surface area contributed by atoms with Crippen molar-refractivity contribution in [2.75, 3.05) is 26.2 Å². The summed E-state index contributed by atoms with van der Waals surface area (Å²) < 4.78 is 33.1. The molecule has 0 saturated carbocycles. The van der Waals surface area contributed by atoms with Crippen LogP contribution in [0.2, 0.25) is 0 Å². The van der Waals surface area contributed by atoms with Crippen molar-refractivity contribution in [1.29, 1.82) is 0 Å². The molecule has 0 bridgehead atoms. The van der Waals surface area contributed by atoms with Crippen molar-refractivity contribution in [3.63, 3.8) is 0 Å². The van der Waals surface area contributed by atoms with Crippen molar-refractivity contribution in [3.05, 3.63) is 23.8 Å². The number of ether oxygens (including phenoxy) is 1. The molecule has 1 heterocycles. The van der Waals surface area contributed by atoms with Gasteiger partial charge < -0.3 is 9.64 Å². The van der Waals surface area contributed by atoms with Gasteiger partial charge in [0.1, 0.15) is 5.75 Å². The Hall–Kier alpha value is -1.60. The summed E-state index contributed by atoms with van der Waals surface area (Å²) in [6.45, 7) is 9.36. The molecule has 0 aliphatic carbocycles. The van der Waals surface area contributed by atoms with Crippen molar-refractivity contribution >= 4 is 15.9 Å². The van der Waals surface area contributed by atoms with Gasteiger partial charge >= 0.3 is 0 Å². The molecule has 1 aromatic carbocycles. The van der Waals surface area contributed by atoms with Gasteiger partial charge in [0.2, 0.25) is 15.9 Å². The molecule has 7 heteroatoms. The largest absolute Gasteiger partial charge is 0.491 e. The number of aryl methyl sites for hydroxylation is 1. The van der Waals surface area contributed by atoms with E-state index in [0.29, 0.717) is 44.8 Å². The second kappa shape index (κ2) is 8.19. The zero-order chi connectivity index (χ0) is 18.6. The number of hydrogen-bond donors (Lipinski definition) is 0. The Kier molecular flexibility index (Phi) is 6.46. The van der Waals surface area contributed by atoms with Gasteiger partial charge in [0.15, 0.2) is 0 Å². The van der Waals surface area contributed by atoms with E-state index in [0.717, 1.165) is 5.56 Å². The number of carbonyl (C=O) groups excluding carboxylic acids is 1. The summed E-state index contributed by atoms with van der Waals surface area (Å²) in [5, 5.41) is 0. The average Bonchev–Trinajstić information content (AvgIpc) is 2.82. The van der Waals surface area contributed by atoms with Crippen LogP contribution in [0, 0.1) is 6.92 Å². The van der Waals surface area contributed by atoms with Gasteiger partial charge in [-0.05, 0) is 51.0 Å². The van der Waals surface area contributed by atoms with Crippen molar-refractivity contribution in [3.8, 4) is 5.75 Å². The minimum Gasteiger partial charge on any atom is -0.491 e. The van der Waals surface area contributed by atoms with E-state index in [2.05, 4.69) is 0 Å². The predicted octanol–water partition coefficient (Wildman–Crippen LogP) is 2.42. The zero-order valence-electron chi connectivity index (χ0n) is 15.5. The van der Waals surface area contributed by atoms with Crippen molar-refractivity contribution in [1.82, 2.24) is 9.21 Å². The van der Waals surface area contributed by atoms with Crippen LogP contribution < -0.4 is 4.74 Å². The molecule has 140 valence electrons. The third kappa shape index (κ3) is 4.73. The quantitative estimate of drug-likeness (QED) is 0.800. The summed E-state index contributed by atoms with van der Waals surface area (Å²) in [7, 11) is -3.57. The number of sulfonamides is 1. The number of rotatable bonds is 5. The van der Waals surface area contributed by atoms with Crippen LogP contribution in [-0.2, 0) is 14.8 Å². The van der Waals surface area contributed by atoms with Crippen LogP contribution in [0.25, 0.3) is 0 Å². The van der Waals surface area contributed by atoms with Crippen LogP contribution in [0.4, 0.5) is 0 Å². The van der Waals surface area contributed by atoms with E-state index in [9.17, 15) is 13.2 Å². The molecule has 25 heavy (non-hydrogen) atoms. The summed E-state index contributed by atoms with van der Waals surface area (Å²) in [5.41, 5.74) is 0.799. The van der Waals surface area contributed by atoms with Crippen LogP contribution in [0.3, 0.4) is 0 Å². The Balaban J connectivity index is 2.18. The maximum atomic E-state index is 13.0. The lowest BCUT2D eigenvalue weighted by Gasteiger charge is -2.22. The van der Waals surface area contributed by atoms with Crippen LogP contribution in [0.1, 0.15) is 39.2 Å². The van der Waals surface area contributed by atoms with Gasteiger partial charge in [-0.15, -0.1) is 0 Å². The summed E-state index contributed by atoms with van der Waals surface area (Å²) in [6, 6.07) is 4.97. The first-order valence-electron chi connectivity index (χ1n) is 8.81. The Morgan fingerprint density at radius 2 is 1.92 bits per heavy atom. The summed E-state index contributed by atoms with van der Waals surface area (Å²) in [6.07, 6.45) is 1.13. The Morgan fingerprint density at radius 1 is 1.20 bits per heavy atom. The topological polar surface area (TPSA) is 66.9 Å². The minimum atomic E-state index is -3.57. The fraction of sp³-hybridized carbons (Fsp3) is 0.611. The van der Waals surface area contributed by atoms with Crippen LogP contribution in [0.15, 0.2) is 23.1 Å². The molecule has 0 N–H and O–H groups in total. The summed E-state index contributed by atoms with van der Waals surface area (Å²) in [5.74, 6) is 0.773. The Morgan fingerprint density at radius 3 is 2.52 bits per heavy atom. The molecule has 0 radical (unpaired) electrons. The molecule has 1 aliphatic heterocycles. The maximum Gasteiger partial charge on any atom is 0.243 e. The van der Waals surface area contributed by atoms with E-state index >= 15 is 0 Å². The number of benzene rings is 1. The molecule has 0 unspecified atom stereocenters. The highest BCUT2D eigenvalue weighted by Crippen LogP contribution is 2.25. The Bertz CT molecular complexity index is 716.